The lowest BCUT2D eigenvalue weighted by molar-refractivity contribution is -0.306. The third-order valence-electron chi connectivity index (χ3n) is 4.47. The van der Waals surface area contributed by atoms with Gasteiger partial charge in [-0.2, -0.15) is 0 Å². The van der Waals surface area contributed by atoms with Crippen molar-refractivity contribution in [1.29, 1.82) is 0 Å². The zero-order valence-corrected chi connectivity index (χ0v) is 15.0. The second-order valence-corrected chi connectivity index (χ2v) is 6.73. The third-order valence-corrected chi connectivity index (χ3v) is 4.72. The molecule has 2 heterocycles. The van der Waals surface area contributed by atoms with Crippen LogP contribution < -0.4 is 5.73 Å². The minimum absolute atomic E-state index is 0.159. The van der Waals surface area contributed by atoms with Crippen LogP contribution in [0.1, 0.15) is 35.0 Å². The molecule has 3 aromatic rings. The first kappa shape index (κ1) is 16.7. The summed E-state index contributed by atoms with van der Waals surface area (Å²) in [5.41, 5.74) is 8.89. The zero-order valence-electron chi connectivity index (χ0n) is 14.2. The molecule has 1 atom stereocenters. The van der Waals surface area contributed by atoms with Crippen LogP contribution in [0.25, 0.3) is 11.1 Å². The first-order valence-electron chi connectivity index (χ1n) is 8.29. The Morgan fingerprint density at radius 3 is 2.54 bits per heavy atom. The van der Waals surface area contributed by atoms with Crippen LogP contribution in [0, 0.1) is 6.92 Å². The number of aliphatic imine (C=N–C) groups is 1. The molecule has 1 aromatic heterocycles. The number of nitrogens with zero attached hydrogens (tertiary/aromatic N) is 2. The maximum Gasteiger partial charge on any atom is 0.311 e. The number of halogens is 1. The molecule has 3 N–H and O–H groups in total. The van der Waals surface area contributed by atoms with Crippen LogP contribution in [0.2, 0.25) is 5.02 Å². The van der Waals surface area contributed by atoms with Crippen molar-refractivity contribution in [3.8, 4) is 11.1 Å². The van der Waals surface area contributed by atoms with Crippen molar-refractivity contribution >= 4 is 23.2 Å². The summed E-state index contributed by atoms with van der Waals surface area (Å²) < 4.78 is 5.58. The smallest absolute Gasteiger partial charge is 0.311 e. The van der Waals surface area contributed by atoms with Gasteiger partial charge in [0.25, 0.3) is 0 Å². The van der Waals surface area contributed by atoms with Gasteiger partial charge in [-0.25, -0.2) is 4.79 Å². The number of aryl methyl sites for hydroxylation is 1. The number of benzene rings is 2. The molecule has 26 heavy (non-hydrogen) atoms. The number of carbonyl (C=O) groups is 1. The first-order valence-corrected chi connectivity index (χ1v) is 8.67. The molecule has 1 aliphatic rings. The Morgan fingerprint density at radius 1 is 1.15 bits per heavy atom. The summed E-state index contributed by atoms with van der Waals surface area (Å²) in [4.78, 5) is 16.6. The number of rotatable bonds is 3. The molecule has 0 bridgehead atoms. The highest BCUT2D eigenvalue weighted by Crippen LogP contribution is 2.40. The third kappa shape index (κ3) is 2.85. The number of carbonyl (C=O) groups excluding carboxylic acids is 1. The molecule has 1 unspecified atom stereocenters. The lowest BCUT2D eigenvalue weighted by atomic mass is 9.93. The van der Waals surface area contributed by atoms with E-state index in [1.165, 1.54) is 0 Å². The normalized spacial score (nSPS) is 15.7. The minimum Gasteiger partial charge on any atom is -0.358 e. The highest BCUT2D eigenvalue weighted by Gasteiger charge is 2.31. The van der Waals surface area contributed by atoms with Crippen LogP contribution in [-0.2, 0) is 4.79 Å². The van der Waals surface area contributed by atoms with E-state index in [1.807, 2.05) is 55.5 Å². The molecule has 0 saturated heterocycles. The summed E-state index contributed by atoms with van der Waals surface area (Å²) in [5.74, 6) is 0.413. The molecule has 5 nitrogen and oxygen atoms in total. The van der Waals surface area contributed by atoms with Crippen molar-refractivity contribution in [3.63, 3.8) is 0 Å². The van der Waals surface area contributed by atoms with Gasteiger partial charge in [0.05, 0.1) is 23.4 Å². The molecule has 1 amide bonds. The van der Waals surface area contributed by atoms with E-state index in [9.17, 15) is 4.79 Å². The lowest BCUT2D eigenvalue weighted by Gasteiger charge is -2.11. The molecule has 6 heteroatoms. The van der Waals surface area contributed by atoms with Gasteiger partial charge in [0.15, 0.2) is 5.76 Å². The van der Waals surface area contributed by atoms with Crippen LogP contribution >= 0.6 is 11.6 Å². The van der Waals surface area contributed by atoms with Gasteiger partial charge in [-0.15, -0.1) is 0 Å². The highest BCUT2D eigenvalue weighted by atomic mass is 35.5. The second kappa shape index (κ2) is 6.52. The quantitative estimate of drug-likeness (QED) is 0.771. The van der Waals surface area contributed by atoms with Gasteiger partial charge in [-0.1, -0.05) is 53.2 Å². The van der Waals surface area contributed by atoms with Gasteiger partial charge in [-0.3, -0.25) is 10.7 Å². The van der Waals surface area contributed by atoms with Crippen LogP contribution in [0.15, 0.2) is 58.0 Å². The van der Waals surface area contributed by atoms with Crippen molar-refractivity contribution < 1.29 is 15.1 Å². The average molecular weight is 367 g/mol. The molecule has 0 aliphatic carbocycles. The average Bonchev–Trinajstić information content (AvgIpc) is 2.94. The first-order chi connectivity index (χ1) is 12.5. The number of hydrogen-bond donors (Lipinski definition) is 1. The molecule has 0 spiro atoms. The Bertz CT molecular complexity index is 1020. The number of hydrogen-bond acceptors (Lipinski definition) is 4. The number of amides is 1. The molecular formula is C20H17ClN3O2+. The van der Waals surface area contributed by atoms with Gasteiger partial charge in [0, 0.05) is 16.1 Å². The summed E-state index contributed by atoms with van der Waals surface area (Å²) in [6.07, 6.45) is 0.159. The van der Waals surface area contributed by atoms with E-state index in [1.54, 1.807) is 0 Å². The standard InChI is InChI=1S/C20H16ClN3O2/c1-11-18-14-4-2-3-5-15(14)19(12-6-8-13(21)9-7-12)23-16(10-17(22)25)20(18)26-24-11/h2-9,16H,10H2,1H3,(H2,22,25)/p+1. The van der Waals surface area contributed by atoms with E-state index < -0.39 is 6.04 Å². The molecule has 2 aromatic carbocycles. The topological polar surface area (TPSA) is 83.1 Å². The van der Waals surface area contributed by atoms with Crippen LogP contribution in [0.5, 0.6) is 0 Å². The Morgan fingerprint density at radius 2 is 1.85 bits per heavy atom. The summed E-state index contributed by atoms with van der Waals surface area (Å²) in [7, 11) is 0. The maximum absolute atomic E-state index is 11.7. The van der Waals surface area contributed by atoms with Gasteiger partial charge >= 0.3 is 5.91 Å². The van der Waals surface area contributed by atoms with E-state index in [0.29, 0.717) is 10.8 Å². The number of aromatic nitrogens is 1. The predicted octanol–water partition coefficient (Wildman–Crippen LogP) is 3.35. The van der Waals surface area contributed by atoms with Crippen LogP contribution in [0.3, 0.4) is 0 Å². The van der Waals surface area contributed by atoms with Crippen LogP contribution in [-0.4, -0.2) is 16.8 Å². The van der Waals surface area contributed by atoms with Crippen molar-refractivity contribution in [2.24, 2.45) is 4.99 Å². The van der Waals surface area contributed by atoms with E-state index in [-0.39, 0.29) is 12.3 Å². The Kier molecular flexibility index (Phi) is 4.18. The molecule has 0 fully saturated rings. The lowest BCUT2D eigenvalue weighted by Crippen LogP contribution is -2.57. The molecule has 130 valence electrons. The Balaban J connectivity index is 1.99. The van der Waals surface area contributed by atoms with Gasteiger partial charge in [0.2, 0.25) is 0 Å². The van der Waals surface area contributed by atoms with E-state index in [0.717, 1.165) is 33.7 Å². The maximum atomic E-state index is 11.7. The summed E-state index contributed by atoms with van der Waals surface area (Å²) in [6, 6.07) is 15.1. The zero-order chi connectivity index (χ0) is 18.3. The fraction of sp³-hybridized carbons (Fsp3) is 0.150. The van der Waals surface area contributed by atoms with Crippen molar-refractivity contribution in [1.82, 2.24) is 5.16 Å². The number of fused-ring (bicyclic) bond motifs is 3. The summed E-state index contributed by atoms with van der Waals surface area (Å²) in [5, 5.41) is 4.77. The highest BCUT2D eigenvalue weighted by molar-refractivity contribution is 6.30. The largest absolute Gasteiger partial charge is 0.358 e. The predicted molar refractivity (Wildman–Crippen MR) is 99.0 cm³/mol. The van der Waals surface area contributed by atoms with Gasteiger partial charge < -0.3 is 4.52 Å². The Labute approximate surface area is 155 Å². The minimum atomic E-state index is -0.464. The fourth-order valence-corrected chi connectivity index (χ4v) is 3.45. The SMILES string of the molecule is Cc1noc2c1-c1ccccc1C(c1ccc(Cl)cc1)=NC2CC([NH3+])=O. The van der Waals surface area contributed by atoms with E-state index in [4.69, 9.17) is 21.1 Å². The number of quaternary nitrogens is 1. The summed E-state index contributed by atoms with van der Waals surface area (Å²) in [6.45, 7) is 1.90. The van der Waals surface area contributed by atoms with Gasteiger partial charge in [-0.05, 0) is 24.6 Å². The second-order valence-electron chi connectivity index (χ2n) is 6.30. The molecule has 4 rings (SSSR count). The Hall–Kier alpha value is -2.76. The molecular weight excluding hydrogens is 350 g/mol. The molecule has 0 saturated carbocycles. The van der Waals surface area contributed by atoms with Gasteiger partial charge in [0.1, 0.15) is 6.04 Å². The van der Waals surface area contributed by atoms with Crippen LogP contribution in [0.4, 0.5) is 0 Å². The molecule has 1 aliphatic heterocycles. The fourth-order valence-electron chi connectivity index (χ4n) is 3.33. The van der Waals surface area contributed by atoms with Crippen molar-refractivity contribution in [2.75, 3.05) is 0 Å². The summed E-state index contributed by atoms with van der Waals surface area (Å²) >= 11 is 6.04. The van der Waals surface area contributed by atoms with E-state index in [2.05, 4.69) is 10.9 Å². The molecule has 0 radical (unpaired) electrons. The van der Waals surface area contributed by atoms with E-state index >= 15 is 0 Å². The van der Waals surface area contributed by atoms with Crippen molar-refractivity contribution in [2.45, 2.75) is 19.4 Å². The van der Waals surface area contributed by atoms with Crippen molar-refractivity contribution in [3.05, 3.63) is 76.1 Å². The monoisotopic (exact) mass is 366 g/mol.